The van der Waals surface area contributed by atoms with Gasteiger partial charge in [-0.05, 0) is 61.4 Å². The Hall–Kier alpha value is -1.21. The van der Waals surface area contributed by atoms with Crippen LogP contribution in [0.1, 0.15) is 26.7 Å². The molecule has 29 heavy (non-hydrogen) atoms. The summed E-state index contributed by atoms with van der Waals surface area (Å²) in [7, 11) is -3.70. The Labute approximate surface area is 198 Å². The second-order valence-corrected chi connectivity index (χ2v) is 11.2. The number of benzene rings is 2. The van der Waals surface area contributed by atoms with Gasteiger partial charge in [-0.25, -0.2) is 8.42 Å². The summed E-state index contributed by atoms with van der Waals surface area (Å²) < 4.78 is 25.4. The molecule has 0 aromatic heterocycles. The first-order valence-electron chi connectivity index (χ1n) is 9.04. The van der Waals surface area contributed by atoms with Gasteiger partial charge in [0.1, 0.15) is 0 Å². The molecule has 2 aromatic carbocycles. The van der Waals surface area contributed by atoms with Crippen LogP contribution in [0.25, 0.3) is 0 Å². The van der Waals surface area contributed by atoms with Crippen molar-refractivity contribution < 1.29 is 18.0 Å². The summed E-state index contributed by atoms with van der Waals surface area (Å²) >= 11 is 4.13. The number of amides is 2. The van der Waals surface area contributed by atoms with Crippen molar-refractivity contribution in [2.75, 3.05) is 10.6 Å². The lowest BCUT2D eigenvalue weighted by Crippen LogP contribution is -2.21. The van der Waals surface area contributed by atoms with Crippen LogP contribution in [0, 0.1) is 0 Å². The molecule has 0 saturated carbocycles. The molecule has 156 valence electrons. The van der Waals surface area contributed by atoms with Crippen LogP contribution in [0.5, 0.6) is 0 Å². The van der Waals surface area contributed by atoms with Crippen molar-refractivity contribution in [2.45, 2.75) is 44.3 Å². The Bertz CT molecular complexity index is 887. The van der Waals surface area contributed by atoms with E-state index in [1.807, 2.05) is 13.8 Å². The Morgan fingerprint density at radius 2 is 1.07 bits per heavy atom. The number of anilines is 2. The molecule has 0 heterocycles. The highest BCUT2D eigenvalue weighted by Crippen LogP contribution is 2.24. The quantitative estimate of drug-likeness (QED) is 0.320. The molecular formula is C20H22I2N2O4S. The third-order valence-electron chi connectivity index (χ3n) is 4.15. The molecule has 9 heteroatoms. The van der Waals surface area contributed by atoms with Crippen LogP contribution < -0.4 is 10.6 Å². The van der Waals surface area contributed by atoms with Gasteiger partial charge >= 0.3 is 0 Å². The monoisotopic (exact) mass is 640 g/mol. The molecule has 0 aliphatic carbocycles. The van der Waals surface area contributed by atoms with E-state index in [1.165, 1.54) is 24.3 Å². The third kappa shape index (κ3) is 6.38. The van der Waals surface area contributed by atoms with E-state index in [0.29, 0.717) is 24.2 Å². The van der Waals surface area contributed by atoms with Crippen molar-refractivity contribution in [3.8, 4) is 0 Å². The zero-order chi connectivity index (χ0) is 21.6. The molecule has 2 amide bonds. The molecule has 0 saturated heterocycles. The first kappa shape index (κ1) is 24.1. The lowest BCUT2D eigenvalue weighted by atomic mass is 10.3. The molecule has 0 radical (unpaired) electrons. The van der Waals surface area contributed by atoms with E-state index in [0.717, 1.165) is 0 Å². The number of sulfone groups is 1. The largest absolute Gasteiger partial charge is 0.325 e. The van der Waals surface area contributed by atoms with Crippen molar-refractivity contribution in [3.05, 3.63) is 48.5 Å². The third-order valence-corrected chi connectivity index (χ3v) is 8.83. The summed E-state index contributed by atoms with van der Waals surface area (Å²) in [4.78, 5) is 24.2. The fourth-order valence-electron chi connectivity index (χ4n) is 2.38. The molecule has 2 unspecified atom stereocenters. The summed E-state index contributed by atoms with van der Waals surface area (Å²) in [6, 6.07) is 12.2. The van der Waals surface area contributed by atoms with Crippen LogP contribution in [0.15, 0.2) is 58.3 Å². The molecule has 2 atom stereocenters. The Kier molecular flexibility index (Phi) is 8.89. The van der Waals surface area contributed by atoms with Crippen LogP contribution in [0.4, 0.5) is 11.4 Å². The first-order chi connectivity index (χ1) is 13.7. The molecule has 0 fully saturated rings. The van der Waals surface area contributed by atoms with E-state index in [2.05, 4.69) is 55.8 Å². The average molecular weight is 640 g/mol. The first-order valence-corrected chi connectivity index (χ1v) is 13.0. The van der Waals surface area contributed by atoms with Gasteiger partial charge in [0.2, 0.25) is 21.7 Å². The fraction of sp³-hybridized carbons (Fsp3) is 0.300. The highest BCUT2D eigenvalue weighted by Gasteiger charge is 2.19. The number of carbonyl (C=O) groups excluding carboxylic acids is 2. The lowest BCUT2D eigenvalue weighted by Gasteiger charge is -2.11. The van der Waals surface area contributed by atoms with Gasteiger partial charge in [-0.15, -0.1) is 0 Å². The zero-order valence-corrected chi connectivity index (χ0v) is 21.1. The van der Waals surface area contributed by atoms with Crippen molar-refractivity contribution in [1.29, 1.82) is 0 Å². The number of halogens is 2. The normalized spacial score (nSPS) is 13.4. The summed E-state index contributed by atoms with van der Waals surface area (Å²) in [5, 5.41) is 5.54. The number of hydrogen-bond acceptors (Lipinski definition) is 4. The maximum absolute atomic E-state index is 12.8. The van der Waals surface area contributed by atoms with Gasteiger partial charge in [-0.1, -0.05) is 59.0 Å². The topological polar surface area (TPSA) is 92.3 Å². The molecule has 0 aliphatic rings. The molecule has 2 aromatic rings. The maximum Gasteiger partial charge on any atom is 0.237 e. The van der Waals surface area contributed by atoms with Crippen molar-refractivity contribution in [3.63, 3.8) is 0 Å². The van der Waals surface area contributed by atoms with Crippen LogP contribution in [-0.4, -0.2) is 28.1 Å². The van der Waals surface area contributed by atoms with E-state index >= 15 is 0 Å². The highest BCUT2D eigenvalue weighted by molar-refractivity contribution is 14.1. The second kappa shape index (κ2) is 10.7. The SMILES string of the molecule is CCC(I)C(=O)Nc1ccc(S(=O)(=O)c2ccc(NC(=O)C(I)CC)cc2)cc1. The summed E-state index contributed by atoms with van der Waals surface area (Å²) in [6.07, 6.45) is 1.43. The van der Waals surface area contributed by atoms with E-state index in [-0.39, 0.29) is 29.5 Å². The average Bonchev–Trinajstić information content (AvgIpc) is 2.73. The predicted octanol–water partition coefficient (Wildman–Crippen LogP) is 4.82. The molecule has 2 N–H and O–H groups in total. The van der Waals surface area contributed by atoms with Gasteiger partial charge in [0.15, 0.2) is 0 Å². The van der Waals surface area contributed by atoms with Crippen molar-refractivity contribution >= 4 is 78.2 Å². The van der Waals surface area contributed by atoms with E-state index in [1.54, 1.807) is 24.3 Å². The minimum absolute atomic E-state index is 0.113. The summed E-state index contributed by atoms with van der Waals surface area (Å²) in [5.74, 6) is -0.226. The molecular weight excluding hydrogens is 618 g/mol. The van der Waals surface area contributed by atoms with E-state index in [4.69, 9.17) is 0 Å². The standard InChI is InChI=1S/C20H22I2N2O4S/c1-3-17(21)19(25)23-13-5-9-15(10-6-13)29(27,28)16-11-7-14(8-12-16)24-20(26)18(22)4-2/h5-12,17-18H,3-4H2,1-2H3,(H,23,25)(H,24,26). The van der Waals surface area contributed by atoms with Crippen molar-refractivity contribution in [2.24, 2.45) is 0 Å². The summed E-state index contributed by atoms with van der Waals surface area (Å²) in [5.41, 5.74) is 1.10. The van der Waals surface area contributed by atoms with Gasteiger partial charge in [0.25, 0.3) is 0 Å². The number of rotatable bonds is 8. The minimum Gasteiger partial charge on any atom is -0.325 e. The van der Waals surface area contributed by atoms with Crippen LogP contribution >= 0.6 is 45.2 Å². The summed E-state index contributed by atoms with van der Waals surface area (Å²) in [6.45, 7) is 3.85. The molecule has 6 nitrogen and oxygen atoms in total. The van der Waals surface area contributed by atoms with Gasteiger partial charge in [-0.3, -0.25) is 9.59 Å². The number of nitrogens with one attached hydrogen (secondary N) is 2. The number of alkyl halides is 2. The van der Waals surface area contributed by atoms with Gasteiger partial charge < -0.3 is 10.6 Å². The predicted molar refractivity (Wildman–Crippen MR) is 132 cm³/mol. The highest BCUT2D eigenvalue weighted by atomic mass is 127. The van der Waals surface area contributed by atoms with Gasteiger partial charge in [-0.2, -0.15) is 0 Å². The van der Waals surface area contributed by atoms with E-state index in [9.17, 15) is 18.0 Å². The second-order valence-electron chi connectivity index (χ2n) is 6.28. The van der Waals surface area contributed by atoms with Gasteiger partial charge in [0.05, 0.1) is 17.6 Å². The Balaban J connectivity index is 2.14. The zero-order valence-electron chi connectivity index (χ0n) is 16.0. The van der Waals surface area contributed by atoms with Crippen LogP contribution in [-0.2, 0) is 19.4 Å². The molecule has 2 rings (SSSR count). The number of carbonyl (C=O) groups is 2. The van der Waals surface area contributed by atoms with E-state index < -0.39 is 9.84 Å². The smallest absolute Gasteiger partial charge is 0.237 e. The van der Waals surface area contributed by atoms with Crippen molar-refractivity contribution in [1.82, 2.24) is 0 Å². The number of hydrogen-bond donors (Lipinski definition) is 2. The Morgan fingerprint density at radius 3 is 1.34 bits per heavy atom. The molecule has 0 bridgehead atoms. The molecule has 0 aliphatic heterocycles. The van der Waals surface area contributed by atoms with Crippen LogP contribution in [0.3, 0.4) is 0 Å². The lowest BCUT2D eigenvalue weighted by molar-refractivity contribution is -0.116. The Morgan fingerprint density at radius 1 is 0.759 bits per heavy atom. The fourth-order valence-corrected chi connectivity index (χ4v) is 3.96. The minimum atomic E-state index is -3.70. The molecule has 0 spiro atoms. The van der Waals surface area contributed by atoms with Crippen LogP contribution in [0.2, 0.25) is 0 Å². The van der Waals surface area contributed by atoms with Gasteiger partial charge in [0, 0.05) is 11.4 Å². The maximum atomic E-state index is 12.8.